The van der Waals surface area contributed by atoms with Crippen molar-refractivity contribution in [2.24, 2.45) is 0 Å². The van der Waals surface area contributed by atoms with Crippen LogP contribution >= 0.6 is 0 Å². The van der Waals surface area contributed by atoms with Crippen LogP contribution in [0.15, 0.2) is 17.7 Å². The second-order valence-corrected chi connectivity index (χ2v) is 4.53. The van der Waals surface area contributed by atoms with Gasteiger partial charge in [0.05, 0.1) is 16.6 Å². The van der Waals surface area contributed by atoms with Crippen molar-refractivity contribution >= 4 is 11.8 Å². The average molecular weight is 247 g/mol. The van der Waals surface area contributed by atoms with Crippen molar-refractivity contribution < 1.29 is 14.4 Å². The highest BCUT2D eigenvalue weighted by Crippen LogP contribution is 2.39. The maximum atomic E-state index is 11.1. The molecule has 0 unspecified atom stereocenters. The first-order chi connectivity index (χ1) is 8.74. The Morgan fingerprint density at radius 2 is 1.83 bits per heavy atom. The lowest BCUT2D eigenvalue weighted by atomic mass is 10.1. The van der Waals surface area contributed by atoms with Crippen LogP contribution in [0, 0.1) is 10.1 Å². The third-order valence-corrected chi connectivity index (χ3v) is 3.32. The standard InChI is InChI=1S/C13H13NO4/c15-14(16)11-7-13-12(17-8-18-13)6-10(11)5-9-3-1-2-4-9/h5-7H,1-4,8H2. The molecule has 1 aliphatic carbocycles. The first-order valence-corrected chi connectivity index (χ1v) is 6.01. The van der Waals surface area contributed by atoms with E-state index < -0.39 is 0 Å². The summed E-state index contributed by atoms with van der Waals surface area (Å²) >= 11 is 0. The lowest BCUT2D eigenvalue weighted by Crippen LogP contribution is -1.93. The van der Waals surface area contributed by atoms with Gasteiger partial charge in [-0.2, -0.15) is 0 Å². The Bertz CT molecular complexity index is 528. The zero-order valence-electron chi connectivity index (χ0n) is 9.85. The van der Waals surface area contributed by atoms with E-state index in [2.05, 4.69) is 0 Å². The normalized spacial score (nSPS) is 17.0. The predicted molar refractivity (Wildman–Crippen MR) is 65.7 cm³/mol. The van der Waals surface area contributed by atoms with E-state index in [1.807, 2.05) is 6.08 Å². The zero-order chi connectivity index (χ0) is 12.5. The van der Waals surface area contributed by atoms with Gasteiger partial charge < -0.3 is 9.47 Å². The van der Waals surface area contributed by atoms with E-state index in [1.54, 1.807) is 6.07 Å². The van der Waals surface area contributed by atoms with Gasteiger partial charge >= 0.3 is 0 Å². The summed E-state index contributed by atoms with van der Waals surface area (Å²) in [5.41, 5.74) is 1.97. The van der Waals surface area contributed by atoms with E-state index in [0.717, 1.165) is 12.8 Å². The molecule has 94 valence electrons. The van der Waals surface area contributed by atoms with Crippen molar-refractivity contribution in [3.63, 3.8) is 0 Å². The number of nitro benzene ring substituents is 1. The van der Waals surface area contributed by atoms with Crippen LogP contribution in [0.3, 0.4) is 0 Å². The van der Waals surface area contributed by atoms with Crippen LogP contribution in [0.4, 0.5) is 5.69 Å². The molecule has 18 heavy (non-hydrogen) atoms. The molecule has 0 atom stereocenters. The zero-order valence-corrected chi connectivity index (χ0v) is 9.85. The Labute approximate surface area is 104 Å². The van der Waals surface area contributed by atoms with E-state index in [4.69, 9.17) is 9.47 Å². The molecule has 2 aliphatic rings. The van der Waals surface area contributed by atoms with Gasteiger partial charge in [-0.1, -0.05) is 5.57 Å². The first-order valence-electron chi connectivity index (χ1n) is 6.01. The van der Waals surface area contributed by atoms with Crippen LogP contribution < -0.4 is 9.47 Å². The molecular formula is C13H13NO4. The summed E-state index contributed by atoms with van der Waals surface area (Å²) in [5, 5.41) is 11.1. The summed E-state index contributed by atoms with van der Waals surface area (Å²) in [4.78, 5) is 10.7. The fourth-order valence-electron chi connectivity index (χ4n) is 2.41. The molecule has 3 rings (SSSR count). The fourth-order valence-corrected chi connectivity index (χ4v) is 2.41. The minimum atomic E-state index is -0.372. The summed E-state index contributed by atoms with van der Waals surface area (Å²) in [5.74, 6) is 1.04. The number of hydrogen-bond acceptors (Lipinski definition) is 4. The lowest BCUT2D eigenvalue weighted by Gasteiger charge is -2.02. The molecule has 1 heterocycles. The van der Waals surface area contributed by atoms with Crippen molar-refractivity contribution in [3.8, 4) is 11.5 Å². The number of rotatable bonds is 2. The minimum Gasteiger partial charge on any atom is -0.454 e. The Hall–Kier alpha value is -2.04. The Morgan fingerprint density at radius 1 is 1.17 bits per heavy atom. The lowest BCUT2D eigenvalue weighted by molar-refractivity contribution is -0.385. The van der Waals surface area contributed by atoms with Crippen LogP contribution in [0.1, 0.15) is 31.2 Å². The third kappa shape index (κ3) is 1.92. The van der Waals surface area contributed by atoms with Gasteiger partial charge in [-0.05, 0) is 37.8 Å². The minimum absolute atomic E-state index is 0.0821. The molecule has 5 nitrogen and oxygen atoms in total. The second-order valence-electron chi connectivity index (χ2n) is 4.53. The molecule has 1 aromatic carbocycles. The molecule has 0 saturated heterocycles. The van der Waals surface area contributed by atoms with E-state index in [1.165, 1.54) is 24.5 Å². The Morgan fingerprint density at radius 3 is 2.50 bits per heavy atom. The van der Waals surface area contributed by atoms with Gasteiger partial charge in [0.2, 0.25) is 6.79 Å². The number of nitrogens with zero attached hydrogens (tertiary/aromatic N) is 1. The molecule has 1 fully saturated rings. The van der Waals surface area contributed by atoms with Crippen molar-refractivity contribution in [3.05, 3.63) is 33.4 Å². The summed E-state index contributed by atoms with van der Waals surface area (Å²) in [7, 11) is 0. The number of benzene rings is 1. The molecule has 0 bridgehead atoms. The van der Waals surface area contributed by atoms with Gasteiger partial charge in [0.15, 0.2) is 11.5 Å². The highest BCUT2D eigenvalue weighted by Gasteiger charge is 2.22. The van der Waals surface area contributed by atoms with E-state index in [-0.39, 0.29) is 17.4 Å². The molecule has 0 N–H and O–H groups in total. The Balaban J connectivity index is 2.06. The molecule has 1 saturated carbocycles. The van der Waals surface area contributed by atoms with Crippen molar-refractivity contribution in [2.45, 2.75) is 25.7 Å². The smallest absolute Gasteiger partial charge is 0.280 e. The largest absolute Gasteiger partial charge is 0.454 e. The van der Waals surface area contributed by atoms with Gasteiger partial charge in [0.25, 0.3) is 5.69 Å². The molecule has 5 heteroatoms. The molecular weight excluding hydrogens is 234 g/mol. The van der Waals surface area contributed by atoms with Gasteiger partial charge in [-0.25, -0.2) is 0 Å². The molecule has 0 amide bonds. The molecule has 1 aliphatic heterocycles. The summed E-state index contributed by atoms with van der Waals surface area (Å²) in [6.07, 6.45) is 6.33. The van der Waals surface area contributed by atoms with E-state index in [0.29, 0.717) is 17.1 Å². The first kappa shape index (κ1) is 11.1. The Kier molecular flexibility index (Phi) is 2.66. The second kappa shape index (κ2) is 4.33. The number of fused-ring (bicyclic) bond motifs is 1. The van der Waals surface area contributed by atoms with Crippen LogP contribution in [-0.4, -0.2) is 11.7 Å². The molecule has 0 radical (unpaired) electrons. The van der Waals surface area contributed by atoms with Gasteiger partial charge in [0, 0.05) is 0 Å². The highest BCUT2D eigenvalue weighted by molar-refractivity contribution is 5.68. The number of allylic oxidation sites excluding steroid dienone is 1. The maximum Gasteiger partial charge on any atom is 0.280 e. The monoisotopic (exact) mass is 247 g/mol. The van der Waals surface area contributed by atoms with Crippen LogP contribution in [0.25, 0.3) is 6.08 Å². The molecule has 0 spiro atoms. The van der Waals surface area contributed by atoms with Gasteiger partial charge in [-0.15, -0.1) is 0 Å². The molecule has 0 aromatic heterocycles. The SMILES string of the molecule is O=[N+]([O-])c1cc2c(cc1C=C1CCCC1)OCO2. The molecule has 1 aromatic rings. The average Bonchev–Trinajstić information content (AvgIpc) is 2.97. The van der Waals surface area contributed by atoms with Crippen LogP contribution in [0.5, 0.6) is 11.5 Å². The quantitative estimate of drug-likeness (QED) is 0.594. The van der Waals surface area contributed by atoms with Crippen molar-refractivity contribution in [1.82, 2.24) is 0 Å². The van der Waals surface area contributed by atoms with Crippen molar-refractivity contribution in [1.29, 1.82) is 0 Å². The van der Waals surface area contributed by atoms with E-state index in [9.17, 15) is 10.1 Å². The van der Waals surface area contributed by atoms with Crippen molar-refractivity contribution in [2.75, 3.05) is 6.79 Å². The van der Waals surface area contributed by atoms with Crippen LogP contribution in [0.2, 0.25) is 0 Å². The predicted octanol–water partition coefficient (Wildman–Crippen LogP) is 3.28. The number of hydrogen-bond donors (Lipinski definition) is 0. The summed E-state index contributed by atoms with van der Waals surface area (Å²) in [6.45, 7) is 0.131. The van der Waals surface area contributed by atoms with E-state index >= 15 is 0 Å². The third-order valence-electron chi connectivity index (χ3n) is 3.32. The number of nitro groups is 1. The fraction of sp³-hybridized carbons (Fsp3) is 0.385. The topological polar surface area (TPSA) is 61.6 Å². The maximum absolute atomic E-state index is 11.1. The number of ether oxygens (including phenoxy) is 2. The summed E-state index contributed by atoms with van der Waals surface area (Å²) in [6, 6.07) is 3.15. The summed E-state index contributed by atoms with van der Waals surface area (Å²) < 4.78 is 10.4. The highest BCUT2D eigenvalue weighted by atomic mass is 16.7. The van der Waals surface area contributed by atoms with Crippen LogP contribution in [-0.2, 0) is 0 Å². The van der Waals surface area contributed by atoms with Gasteiger partial charge in [0.1, 0.15) is 0 Å². The van der Waals surface area contributed by atoms with Gasteiger partial charge in [-0.3, -0.25) is 10.1 Å².